The third-order valence-electron chi connectivity index (χ3n) is 3.24. The van der Waals surface area contributed by atoms with E-state index in [0.717, 1.165) is 31.4 Å². The second-order valence-corrected chi connectivity index (χ2v) is 6.34. The molecule has 1 fully saturated rings. The van der Waals surface area contributed by atoms with Crippen LogP contribution in [-0.2, 0) is 24.3 Å². The molecule has 1 atom stereocenters. The molecule has 1 aliphatic rings. The molecular formula is C12H12N2O7S. The average Bonchev–Trinajstić information content (AvgIpc) is 2.89. The molecule has 10 heteroatoms. The number of ether oxygens (including phenoxy) is 1. The lowest BCUT2D eigenvalue weighted by Gasteiger charge is -2.22. The van der Waals surface area contributed by atoms with Gasteiger partial charge in [-0.2, -0.15) is 0 Å². The minimum absolute atomic E-state index is 0.0394. The Hall–Kier alpha value is -2.49. The molecule has 0 radical (unpaired) electrons. The molecule has 0 aromatic heterocycles. The summed E-state index contributed by atoms with van der Waals surface area (Å²) in [5.41, 5.74) is -0.281. The summed E-state index contributed by atoms with van der Waals surface area (Å²) in [7, 11) is -3.18. The molecule has 1 saturated heterocycles. The van der Waals surface area contributed by atoms with Gasteiger partial charge in [-0.1, -0.05) is 0 Å². The van der Waals surface area contributed by atoms with Crippen LogP contribution < -0.4 is 0 Å². The minimum Gasteiger partial charge on any atom is -0.467 e. The number of hydrogen-bond acceptors (Lipinski definition) is 7. The van der Waals surface area contributed by atoms with E-state index in [2.05, 4.69) is 4.74 Å². The second kappa shape index (κ2) is 5.72. The van der Waals surface area contributed by atoms with E-state index in [4.69, 9.17) is 0 Å². The van der Waals surface area contributed by atoms with Crippen LogP contribution in [0.1, 0.15) is 12.8 Å². The Balaban J connectivity index is 2.41. The molecule has 0 spiro atoms. The van der Waals surface area contributed by atoms with Gasteiger partial charge in [0.2, 0.25) is 5.91 Å². The van der Waals surface area contributed by atoms with Crippen molar-refractivity contribution in [2.24, 2.45) is 0 Å². The molecule has 1 amide bonds. The summed E-state index contributed by atoms with van der Waals surface area (Å²) >= 11 is 0. The number of sulfonamides is 1. The number of carbonyl (C=O) groups is 2. The second-order valence-electron chi connectivity index (χ2n) is 4.52. The number of nitro benzene ring substituents is 1. The van der Waals surface area contributed by atoms with E-state index >= 15 is 0 Å². The molecule has 118 valence electrons. The highest BCUT2D eigenvalue weighted by Gasteiger charge is 2.44. The number of carbonyl (C=O) groups excluding carboxylic acids is 2. The number of rotatable bonds is 4. The maximum absolute atomic E-state index is 12.5. The predicted molar refractivity (Wildman–Crippen MR) is 72.2 cm³/mol. The van der Waals surface area contributed by atoms with Gasteiger partial charge in [-0.15, -0.1) is 0 Å². The van der Waals surface area contributed by atoms with Gasteiger partial charge in [0.25, 0.3) is 15.7 Å². The summed E-state index contributed by atoms with van der Waals surface area (Å²) in [6.07, 6.45) is -0.0519. The Morgan fingerprint density at radius 3 is 2.45 bits per heavy atom. The highest BCUT2D eigenvalue weighted by Crippen LogP contribution is 2.28. The SMILES string of the molecule is COC(=O)C1CCC(=O)N1S(=O)(=O)c1ccc([N+](=O)[O-])cc1. The molecule has 1 aromatic carbocycles. The molecule has 9 nitrogen and oxygen atoms in total. The molecule has 1 unspecified atom stereocenters. The molecule has 1 aromatic rings. The van der Waals surface area contributed by atoms with Crippen molar-refractivity contribution >= 4 is 27.6 Å². The first-order valence-corrected chi connectivity index (χ1v) is 7.62. The van der Waals surface area contributed by atoms with E-state index in [9.17, 15) is 28.1 Å². The smallest absolute Gasteiger partial charge is 0.329 e. The molecule has 1 aliphatic heterocycles. The number of non-ortho nitro benzene ring substituents is 1. The van der Waals surface area contributed by atoms with Crippen molar-refractivity contribution in [3.05, 3.63) is 34.4 Å². The lowest BCUT2D eigenvalue weighted by molar-refractivity contribution is -0.384. The van der Waals surface area contributed by atoms with Crippen LogP contribution in [0.2, 0.25) is 0 Å². The molecule has 0 bridgehead atoms. The molecule has 22 heavy (non-hydrogen) atoms. The Bertz CT molecular complexity index is 726. The summed E-state index contributed by atoms with van der Waals surface area (Å²) in [5, 5.41) is 10.6. The molecule has 1 heterocycles. The monoisotopic (exact) mass is 328 g/mol. The largest absolute Gasteiger partial charge is 0.467 e. The van der Waals surface area contributed by atoms with Crippen molar-refractivity contribution in [2.75, 3.05) is 7.11 Å². The zero-order chi connectivity index (χ0) is 16.5. The predicted octanol–water partition coefficient (Wildman–Crippen LogP) is 0.447. The van der Waals surface area contributed by atoms with Crippen molar-refractivity contribution in [2.45, 2.75) is 23.8 Å². The normalized spacial score (nSPS) is 18.3. The van der Waals surface area contributed by atoms with Crippen LogP contribution >= 0.6 is 0 Å². The third-order valence-corrected chi connectivity index (χ3v) is 5.08. The zero-order valence-electron chi connectivity index (χ0n) is 11.5. The molecule has 0 saturated carbocycles. The first-order chi connectivity index (χ1) is 10.3. The van der Waals surface area contributed by atoms with Crippen LogP contribution in [0.25, 0.3) is 0 Å². The Labute approximate surface area is 125 Å². The quantitative estimate of drug-likeness (QED) is 0.446. The third kappa shape index (κ3) is 2.64. The average molecular weight is 328 g/mol. The van der Waals surface area contributed by atoms with E-state index in [0.29, 0.717) is 4.31 Å². The standard InChI is InChI=1S/C12H12N2O7S/c1-21-12(16)10-6-7-11(15)13(10)22(19,20)9-4-2-8(3-5-9)14(17)18/h2-5,10H,6-7H2,1H3. The summed E-state index contributed by atoms with van der Waals surface area (Å²) in [6, 6.07) is 2.86. The van der Waals surface area contributed by atoms with Crippen LogP contribution in [0.5, 0.6) is 0 Å². The fourth-order valence-electron chi connectivity index (χ4n) is 2.17. The maximum atomic E-state index is 12.5. The Morgan fingerprint density at radius 2 is 1.95 bits per heavy atom. The van der Waals surface area contributed by atoms with Crippen molar-refractivity contribution < 1.29 is 27.7 Å². The minimum atomic E-state index is -4.27. The van der Waals surface area contributed by atoms with E-state index in [1.807, 2.05) is 0 Å². The number of amides is 1. The van der Waals surface area contributed by atoms with Gasteiger partial charge in [0.15, 0.2) is 0 Å². The number of hydrogen-bond donors (Lipinski definition) is 0. The van der Waals surface area contributed by atoms with E-state index < -0.39 is 32.9 Å². The number of nitrogens with zero attached hydrogens (tertiary/aromatic N) is 2. The number of esters is 1. The van der Waals surface area contributed by atoms with Gasteiger partial charge < -0.3 is 4.74 Å². The fourth-order valence-corrected chi connectivity index (χ4v) is 3.76. The van der Waals surface area contributed by atoms with Gasteiger partial charge >= 0.3 is 5.97 Å². The van der Waals surface area contributed by atoms with Crippen molar-refractivity contribution in [1.29, 1.82) is 0 Å². The molecular weight excluding hydrogens is 316 g/mol. The van der Waals surface area contributed by atoms with E-state index in [1.54, 1.807) is 0 Å². The van der Waals surface area contributed by atoms with Gasteiger partial charge in [0.1, 0.15) is 6.04 Å². The van der Waals surface area contributed by atoms with Gasteiger partial charge in [0.05, 0.1) is 16.9 Å². The highest BCUT2D eigenvalue weighted by atomic mass is 32.2. The van der Waals surface area contributed by atoms with Crippen LogP contribution in [0, 0.1) is 10.1 Å². The maximum Gasteiger partial charge on any atom is 0.329 e. The lowest BCUT2D eigenvalue weighted by Crippen LogP contribution is -2.43. The summed E-state index contributed by atoms with van der Waals surface area (Å²) < 4.78 is 30.0. The van der Waals surface area contributed by atoms with Crippen molar-refractivity contribution in [1.82, 2.24) is 4.31 Å². The summed E-state index contributed by atoms with van der Waals surface area (Å²) in [6.45, 7) is 0. The van der Waals surface area contributed by atoms with Crippen LogP contribution in [0.4, 0.5) is 5.69 Å². The number of benzene rings is 1. The van der Waals surface area contributed by atoms with Crippen LogP contribution in [0.15, 0.2) is 29.2 Å². The Morgan fingerprint density at radius 1 is 1.36 bits per heavy atom. The molecule has 0 N–H and O–H groups in total. The van der Waals surface area contributed by atoms with Gasteiger partial charge in [-0.05, 0) is 18.6 Å². The summed E-state index contributed by atoms with van der Waals surface area (Å²) in [5.74, 6) is -1.54. The van der Waals surface area contributed by atoms with E-state index in [-0.39, 0.29) is 23.4 Å². The summed E-state index contributed by atoms with van der Waals surface area (Å²) in [4.78, 5) is 33.1. The lowest BCUT2D eigenvalue weighted by atomic mass is 10.2. The Kier molecular flexibility index (Phi) is 4.13. The number of methoxy groups -OCH3 is 1. The van der Waals surface area contributed by atoms with Crippen molar-refractivity contribution in [3.8, 4) is 0 Å². The van der Waals surface area contributed by atoms with E-state index in [1.165, 1.54) is 0 Å². The van der Waals surface area contributed by atoms with Gasteiger partial charge in [-0.3, -0.25) is 14.9 Å². The highest BCUT2D eigenvalue weighted by molar-refractivity contribution is 7.89. The molecule has 0 aliphatic carbocycles. The number of nitro groups is 1. The van der Waals surface area contributed by atoms with Crippen LogP contribution in [-0.4, -0.2) is 42.7 Å². The van der Waals surface area contributed by atoms with Crippen LogP contribution in [0.3, 0.4) is 0 Å². The zero-order valence-corrected chi connectivity index (χ0v) is 12.3. The topological polar surface area (TPSA) is 124 Å². The van der Waals surface area contributed by atoms with Gasteiger partial charge in [-0.25, -0.2) is 17.5 Å². The van der Waals surface area contributed by atoms with Crippen molar-refractivity contribution in [3.63, 3.8) is 0 Å². The van der Waals surface area contributed by atoms with Gasteiger partial charge in [0, 0.05) is 18.6 Å². The molecule has 2 rings (SSSR count). The first-order valence-electron chi connectivity index (χ1n) is 6.18. The first kappa shape index (κ1) is 15.9. The fraction of sp³-hybridized carbons (Fsp3) is 0.333.